The van der Waals surface area contributed by atoms with Gasteiger partial charge in [0.15, 0.2) is 5.96 Å². The Kier molecular flexibility index (Phi) is 7.27. The van der Waals surface area contributed by atoms with Gasteiger partial charge in [0, 0.05) is 36.8 Å². The Morgan fingerprint density at radius 3 is 2.96 bits per heavy atom. The maximum Gasteiger partial charge on any atom is 0.191 e. The molecule has 2 rings (SSSR count). The summed E-state index contributed by atoms with van der Waals surface area (Å²) in [7, 11) is 0. The van der Waals surface area contributed by atoms with Crippen LogP contribution in [0.4, 0.5) is 0 Å². The first-order valence-electron chi connectivity index (χ1n) is 8.70. The Balaban J connectivity index is 1.95. The predicted molar refractivity (Wildman–Crippen MR) is 100.0 cm³/mol. The lowest BCUT2D eigenvalue weighted by molar-refractivity contribution is 0.507. The summed E-state index contributed by atoms with van der Waals surface area (Å²) in [5, 5.41) is 7.74. The number of imidazole rings is 1. The van der Waals surface area contributed by atoms with Crippen LogP contribution in [-0.2, 0) is 13.1 Å². The van der Waals surface area contributed by atoms with E-state index in [4.69, 9.17) is 4.99 Å². The van der Waals surface area contributed by atoms with Gasteiger partial charge >= 0.3 is 0 Å². The zero-order chi connectivity index (χ0) is 16.7. The smallest absolute Gasteiger partial charge is 0.191 e. The first-order valence-corrected chi connectivity index (χ1v) is 9.98. The normalized spacial score (nSPS) is 21.9. The highest BCUT2D eigenvalue weighted by molar-refractivity contribution is 7.99. The number of hydrogen-bond donors (Lipinski definition) is 2. The van der Waals surface area contributed by atoms with E-state index in [1.165, 1.54) is 19.3 Å². The minimum atomic E-state index is 0.542. The van der Waals surface area contributed by atoms with Gasteiger partial charge in [-0.2, -0.15) is 11.8 Å². The zero-order valence-corrected chi connectivity index (χ0v) is 15.7. The molecule has 2 atom stereocenters. The van der Waals surface area contributed by atoms with Crippen molar-refractivity contribution in [2.24, 2.45) is 10.9 Å². The van der Waals surface area contributed by atoms with Crippen LogP contribution in [-0.4, -0.2) is 39.6 Å². The lowest BCUT2D eigenvalue weighted by Crippen LogP contribution is -2.42. The van der Waals surface area contributed by atoms with Crippen molar-refractivity contribution in [1.29, 1.82) is 0 Å². The molecule has 0 saturated heterocycles. The monoisotopic (exact) mass is 337 g/mol. The Labute approximate surface area is 144 Å². The third kappa shape index (κ3) is 5.75. The van der Waals surface area contributed by atoms with Crippen LogP contribution >= 0.6 is 11.8 Å². The van der Waals surface area contributed by atoms with E-state index in [9.17, 15) is 0 Å². The number of rotatable bonds is 7. The summed E-state index contributed by atoms with van der Waals surface area (Å²) in [6, 6.07) is 0.542. The second-order valence-corrected chi connectivity index (χ2v) is 7.73. The highest BCUT2D eigenvalue weighted by atomic mass is 32.2. The highest BCUT2D eigenvalue weighted by Gasteiger charge is 2.24. The van der Waals surface area contributed by atoms with Crippen LogP contribution in [0.15, 0.2) is 17.4 Å². The SMILES string of the molecule is CCNC(=NCc1nccn1CC(C)C)NC1CCC(SC)C1. The standard InChI is InChI=1S/C17H31N5S/c1-5-18-17(21-14-6-7-15(10-14)23-4)20-11-16-19-8-9-22(16)12-13(2)3/h8-9,13-15H,5-7,10-12H2,1-4H3,(H2,18,20,21). The minimum absolute atomic E-state index is 0.542. The van der Waals surface area contributed by atoms with Gasteiger partial charge in [-0.15, -0.1) is 0 Å². The molecule has 23 heavy (non-hydrogen) atoms. The number of aliphatic imine (C=N–C) groups is 1. The molecule has 0 aliphatic heterocycles. The van der Waals surface area contributed by atoms with E-state index in [2.05, 4.69) is 47.2 Å². The fraction of sp³-hybridized carbons (Fsp3) is 0.765. The van der Waals surface area contributed by atoms with Gasteiger partial charge in [0.05, 0.1) is 0 Å². The third-order valence-corrected chi connectivity index (χ3v) is 5.24. The molecule has 1 aliphatic carbocycles. The second-order valence-electron chi connectivity index (χ2n) is 6.60. The van der Waals surface area contributed by atoms with Crippen LogP contribution in [0.3, 0.4) is 0 Å². The van der Waals surface area contributed by atoms with Crippen LogP contribution in [0, 0.1) is 5.92 Å². The lowest BCUT2D eigenvalue weighted by atomic mass is 10.2. The molecule has 2 unspecified atom stereocenters. The molecule has 0 bridgehead atoms. The maximum absolute atomic E-state index is 4.74. The molecule has 1 saturated carbocycles. The molecule has 1 heterocycles. The van der Waals surface area contributed by atoms with Gasteiger partial charge in [-0.05, 0) is 38.4 Å². The van der Waals surface area contributed by atoms with E-state index in [0.29, 0.717) is 18.5 Å². The number of guanidine groups is 1. The van der Waals surface area contributed by atoms with Crippen LogP contribution in [0.1, 0.15) is 45.9 Å². The van der Waals surface area contributed by atoms with Crippen molar-refractivity contribution < 1.29 is 0 Å². The summed E-state index contributed by atoms with van der Waals surface area (Å²) >= 11 is 1.98. The molecule has 0 aromatic carbocycles. The van der Waals surface area contributed by atoms with Crippen LogP contribution < -0.4 is 10.6 Å². The van der Waals surface area contributed by atoms with Crippen molar-refractivity contribution in [3.8, 4) is 0 Å². The largest absolute Gasteiger partial charge is 0.357 e. The summed E-state index contributed by atoms with van der Waals surface area (Å²) in [4.78, 5) is 9.20. The Bertz CT molecular complexity index is 497. The highest BCUT2D eigenvalue weighted by Crippen LogP contribution is 2.28. The van der Waals surface area contributed by atoms with Gasteiger partial charge in [0.25, 0.3) is 0 Å². The van der Waals surface area contributed by atoms with Crippen molar-refractivity contribution in [1.82, 2.24) is 20.2 Å². The molecular formula is C17H31N5S. The average Bonchev–Trinajstić information content (AvgIpc) is 3.13. The lowest BCUT2D eigenvalue weighted by Gasteiger charge is -2.17. The Hall–Kier alpha value is -1.17. The first kappa shape index (κ1) is 18.2. The van der Waals surface area contributed by atoms with Crippen molar-refractivity contribution >= 4 is 17.7 Å². The van der Waals surface area contributed by atoms with Crippen LogP contribution in [0.2, 0.25) is 0 Å². The molecule has 0 spiro atoms. The number of hydrogen-bond acceptors (Lipinski definition) is 3. The number of nitrogens with one attached hydrogen (secondary N) is 2. The number of nitrogens with zero attached hydrogens (tertiary/aromatic N) is 3. The van der Waals surface area contributed by atoms with E-state index in [1.54, 1.807) is 0 Å². The Morgan fingerprint density at radius 1 is 1.48 bits per heavy atom. The van der Waals surface area contributed by atoms with E-state index < -0.39 is 0 Å². The first-order chi connectivity index (χ1) is 11.1. The van der Waals surface area contributed by atoms with Crippen LogP contribution in [0.5, 0.6) is 0 Å². The topological polar surface area (TPSA) is 54.2 Å². The average molecular weight is 338 g/mol. The number of aromatic nitrogens is 2. The molecule has 5 nitrogen and oxygen atoms in total. The van der Waals surface area contributed by atoms with E-state index in [1.807, 2.05) is 24.2 Å². The molecule has 6 heteroatoms. The number of thioether (sulfide) groups is 1. The van der Waals surface area contributed by atoms with Gasteiger partial charge in [-0.25, -0.2) is 9.98 Å². The van der Waals surface area contributed by atoms with E-state index in [-0.39, 0.29) is 0 Å². The van der Waals surface area contributed by atoms with E-state index in [0.717, 1.165) is 30.1 Å². The molecule has 1 aromatic heterocycles. The summed E-state index contributed by atoms with van der Waals surface area (Å²) in [5.41, 5.74) is 0. The van der Waals surface area contributed by atoms with E-state index >= 15 is 0 Å². The molecule has 1 fully saturated rings. The van der Waals surface area contributed by atoms with Gasteiger partial charge in [-0.3, -0.25) is 0 Å². The minimum Gasteiger partial charge on any atom is -0.357 e. The van der Waals surface area contributed by atoms with Gasteiger partial charge in [0.2, 0.25) is 0 Å². The summed E-state index contributed by atoms with van der Waals surface area (Å²) in [6.45, 7) is 9.05. The zero-order valence-electron chi connectivity index (χ0n) is 14.9. The van der Waals surface area contributed by atoms with Crippen molar-refractivity contribution in [2.75, 3.05) is 12.8 Å². The third-order valence-electron chi connectivity index (χ3n) is 4.15. The Morgan fingerprint density at radius 2 is 2.30 bits per heavy atom. The van der Waals surface area contributed by atoms with Crippen molar-refractivity contribution in [3.63, 3.8) is 0 Å². The van der Waals surface area contributed by atoms with Gasteiger partial charge < -0.3 is 15.2 Å². The second kappa shape index (κ2) is 9.21. The van der Waals surface area contributed by atoms with Crippen LogP contribution in [0.25, 0.3) is 0 Å². The molecule has 0 radical (unpaired) electrons. The van der Waals surface area contributed by atoms with Crippen molar-refractivity contribution in [3.05, 3.63) is 18.2 Å². The maximum atomic E-state index is 4.74. The molecule has 1 aliphatic rings. The fourth-order valence-corrected chi connectivity index (χ4v) is 3.80. The summed E-state index contributed by atoms with van der Waals surface area (Å²) < 4.78 is 2.21. The molecule has 1 aromatic rings. The van der Waals surface area contributed by atoms with Gasteiger partial charge in [0.1, 0.15) is 12.4 Å². The summed E-state index contributed by atoms with van der Waals surface area (Å²) in [6.07, 6.45) is 9.89. The molecule has 0 amide bonds. The summed E-state index contributed by atoms with van der Waals surface area (Å²) in [5.74, 6) is 2.56. The predicted octanol–water partition coefficient (Wildman–Crippen LogP) is 2.88. The molecule has 2 N–H and O–H groups in total. The molecular weight excluding hydrogens is 306 g/mol. The fourth-order valence-electron chi connectivity index (χ4n) is 3.00. The van der Waals surface area contributed by atoms with Gasteiger partial charge in [-0.1, -0.05) is 13.8 Å². The van der Waals surface area contributed by atoms with Crippen molar-refractivity contribution in [2.45, 2.75) is 64.4 Å². The molecule has 130 valence electrons. The quantitative estimate of drug-likeness (QED) is 0.593.